The largest absolute Gasteiger partial charge is 0.491 e. The fourth-order valence-electron chi connectivity index (χ4n) is 3.34. The lowest BCUT2D eigenvalue weighted by molar-refractivity contribution is -0.120. The van der Waals surface area contributed by atoms with Crippen molar-refractivity contribution < 1.29 is 14.3 Å². The van der Waals surface area contributed by atoms with Crippen LogP contribution in [0.25, 0.3) is 0 Å². The van der Waals surface area contributed by atoms with E-state index in [1.54, 1.807) is 0 Å². The summed E-state index contributed by atoms with van der Waals surface area (Å²) in [5, 5.41) is 2.99. The molecule has 24 heavy (non-hydrogen) atoms. The lowest BCUT2D eigenvalue weighted by Crippen LogP contribution is -2.34. The van der Waals surface area contributed by atoms with Gasteiger partial charge in [-0.25, -0.2) is 0 Å². The number of amides is 1. The van der Waals surface area contributed by atoms with Crippen LogP contribution in [0.1, 0.15) is 38.5 Å². The van der Waals surface area contributed by atoms with Crippen molar-refractivity contribution in [2.75, 3.05) is 18.5 Å². The zero-order valence-corrected chi connectivity index (χ0v) is 14.7. The number of halogens is 1. The van der Waals surface area contributed by atoms with E-state index in [9.17, 15) is 4.79 Å². The molecule has 1 aromatic rings. The Hall–Kier alpha value is -1.30. The molecule has 3 unspecified atom stereocenters. The third-order valence-corrected chi connectivity index (χ3v) is 4.65. The van der Waals surface area contributed by atoms with E-state index in [0.717, 1.165) is 56.6 Å². The van der Waals surface area contributed by atoms with Crippen molar-refractivity contribution in [1.29, 1.82) is 0 Å². The highest BCUT2D eigenvalue weighted by Crippen LogP contribution is 2.25. The second-order valence-corrected chi connectivity index (χ2v) is 6.59. The first-order valence-electron chi connectivity index (χ1n) is 8.61. The Morgan fingerprint density at radius 2 is 2.17 bits per heavy atom. The van der Waals surface area contributed by atoms with Crippen LogP contribution >= 0.6 is 12.4 Å². The molecule has 0 spiro atoms. The fraction of sp³-hybridized carbons (Fsp3) is 0.611. The molecule has 1 aromatic carbocycles. The van der Waals surface area contributed by atoms with Gasteiger partial charge in [-0.2, -0.15) is 0 Å². The van der Waals surface area contributed by atoms with Gasteiger partial charge in [-0.15, -0.1) is 12.4 Å². The molecule has 1 saturated heterocycles. The number of hydrogen-bond acceptors (Lipinski definition) is 4. The van der Waals surface area contributed by atoms with Crippen LogP contribution in [-0.2, 0) is 9.53 Å². The van der Waals surface area contributed by atoms with E-state index >= 15 is 0 Å². The molecule has 3 rings (SSSR count). The zero-order valence-electron chi connectivity index (χ0n) is 13.9. The van der Waals surface area contributed by atoms with Gasteiger partial charge in [0.15, 0.2) is 0 Å². The first-order chi connectivity index (χ1) is 11.2. The van der Waals surface area contributed by atoms with Gasteiger partial charge in [0.2, 0.25) is 5.91 Å². The van der Waals surface area contributed by atoms with E-state index in [-0.39, 0.29) is 36.4 Å². The molecular formula is C18H27ClN2O3. The summed E-state index contributed by atoms with van der Waals surface area (Å²) in [6, 6.07) is 7.71. The molecule has 6 heteroatoms. The maximum Gasteiger partial charge on any atom is 0.227 e. The summed E-state index contributed by atoms with van der Waals surface area (Å²) in [5.41, 5.74) is 6.74. The predicted molar refractivity (Wildman–Crippen MR) is 96.7 cm³/mol. The van der Waals surface area contributed by atoms with Gasteiger partial charge in [0.1, 0.15) is 12.4 Å². The molecule has 0 bridgehead atoms. The summed E-state index contributed by atoms with van der Waals surface area (Å²) < 4.78 is 11.3. The van der Waals surface area contributed by atoms with Crippen molar-refractivity contribution in [2.45, 2.75) is 50.7 Å². The monoisotopic (exact) mass is 354 g/mol. The van der Waals surface area contributed by atoms with Gasteiger partial charge in [0, 0.05) is 30.3 Å². The van der Waals surface area contributed by atoms with Crippen LogP contribution < -0.4 is 15.8 Å². The molecule has 5 nitrogen and oxygen atoms in total. The maximum absolute atomic E-state index is 12.4. The second-order valence-electron chi connectivity index (χ2n) is 6.59. The molecule has 134 valence electrons. The van der Waals surface area contributed by atoms with Crippen LogP contribution in [0.2, 0.25) is 0 Å². The van der Waals surface area contributed by atoms with Crippen LogP contribution in [0.3, 0.4) is 0 Å². The van der Waals surface area contributed by atoms with E-state index in [1.165, 1.54) is 0 Å². The topological polar surface area (TPSA) is 73.6 Å². The smallest absolute Gasteiger partial charge is 0.227 e. The van der Waals surface area contributed by atoms with E-state index < -0.39 is 0 Å². The minimum atomic E-state index is 0. The van der Waals surface area contributed by atoms with Gasteiger partial charge in [0.05, 0.1) is 6.10 Å². The maximum atomic E-state index is 12.4. The standard InChI is InChI=1S/C18H26N2O3.ClH/c19-14-5-1-4-13(10-14)18(21)20-15-6-2-7-16(11-15)23-12-17-8-3-9-22-17;/h2,6-7,11,13-14,17H,1,3-5,8-10,12,19H2,(H,20,21);1H. The number of carbonyl (C=O) groups is 1. The molecule has 1 heterocycles. The molecular weight excluding hydrogens is 328 g/mol. The van der Waals surface area contributed by atoms with Crippen molar-refractivity contribution in [3.8, 4) is 5.75 Å². The number of nitrogens with two attached hydrogens (primary N) is 1. The summed E-state index contributed by atoms with van der Waals surface area (Å²) in [6.45, 7) is 1.39. The molecule has 1 amide bonds. The van der Waals surface area contributed by atoms with Gasteiger partial charge in [-0.05, 0) is 44.2 Å². The van der Waals surface area contributed by atoms with Gasteiger partial charge in [-0.1, -0.05) is 12.5 Å². The number of anilines is 1. The average molecular weight is 355 g/mol. The third kappa shape index (κ3) is 5.36. The Balaban J connectivity index is 0.00000208. The summed E-state index contributed by atoms with van der Waals surface area (Å²) in [5.74, 6) is 0.852. The minimum absolute atomic E-state index is 0. The number of hydrogen-bond donors (Lipinski definition) is 2. The SMILES string of the molecule is Cl.NC1CCCC(C(=O)Nc2cccc(OCC3CCCO3)c2)C1. The molecule has 1 aliphatic heterocycles. The number of carbonyl (C=O) groups excluding carboxylic acids is 1. The average Bonchev–Trinajstić information content (AvgIpc) is 3.07. The predicted octanol–water partition coefficient (Wildman–Crippen LogP) is 3.12. The van der Waals surface area contributed by atoms with Gasteiger partial charge < -0.3 is 20.5 Å². The van der Waals surface area contributed by atoms with Crippen LogP contribution in [-0.4, -0.2) is 31.3 Å². The van der Waals surface area contributed by atoms with Gasteiger partial charge in [-0.3, -0.25) is 4.79 Å². The van der Waals surface area contributed by atoms with Crippen LogP contribution in [0.4, 0.5) is 5.69 Å². The first kappa shape index (κ1) is 19.0. The first-order valence-corrected chi connectivity index (χ1v) is 8.61. The van der Waals surface area contributed by atoms with E-state index in [2.05, 4.69) is 5.32 Å². The number of ether oxygens (including phenoxy) is 2. The Kier molecular flexibility index (Phi) is 7.34. The van der Waals surface area contributed by atoms with Gasteiger partial charge in [0.25, 0.3) is 0 Å². The molecule has 3 atom stereocenters. The van der Waals surface area contributed by atoms with Crippen molar-refractivity contribution in [3.63, 3.8) is 0 Å². The van der Waals surface area contributed by atoms with Crippen LogP contribution in [0.5, 0.6) is 5.75 Å². The summed E-state index contributed by atoms with van der Waals surface area (Å²) in [6.07, 6.45) is 6.11. The quantitative estimate of drug-likeness (QED) is 0.852. The van der Waals surface area contributed by atoms with Crippen molar-refractivity contribution in [1.82, 2.24) is 0 Å². The molecule has 2 aliphatic rings. The molecule has 0 radical (unpaired) electrons. The highest BCUT2D eigenvalue weighted by Gasteiger charge is 2.25. The summed E-state index contributed by atoms with van der Waals surface area (Å²) >= 11 is 0. The summed E-state index contributed by atoms with van der Waals surface area (Å²) in [4.78, 5) is 12.4. The van der Waals surface area contributed by atoms with Gasteiger partial charge >= 0.3 is 0 Å². The molecule has 1 saturated carbocycles. The van der Waals surface area contributed by atoms with Crippen molar-refractivity contribution in [2.24, 2.45) is 11.7 Å². The van der Waals surface area contributed by atoms with Crippen molar-refractivity contribution >= 4 is 24.0 Å². The highest BCUT2D eigenvalue weighted by atomic mass is 35.5. The third-order valence-electron chi connectivity index (χ3n) is 4.65. The number of rotatable bonds is 5. The fourth-order valence-corrected chi connectivity index (χ4v) is 3.34. The second kappa shape index (κ2) is 9.25. The highest BCUT2D eigenvalue weighted by molar-refractivity contribution is 5.92. The summed E-state index contributed by atoms with van der Waals surface area (Å²) in [7, 11) is 0. The van der Waals surface area contributed by atoms with Crippen LogP contribution in [0.15, 0.2) is 24.3 Å². The molecule has 3 N–H and O–H groups in total. The minimum Gasteiger partial charge on any atom is -0.491 e. The Labute approximate surface area is 149 Å². The van der Waals surface area contributed by atoms with E-state index in [1.807, 2.05) is 24.3 Å². The number of nitrogens with one attached hydrogen (secondary N) is 1. The zero-order chi connectivity index (χ0) is 16.1. The lowest BCUT2D eigenvalue weighted by Gasteiger charge is -2.25. The van der Waals surface area contributed by atoms with Crippen molar-refractivity contribution in [3.05, 3.63) is 24.3 Å². The Bertz CT molecular complexity index is 535. The van der Waals surface area contributed by atoms with E-state index in [4.69, 9.17) is 15.2 Å². The molecule has 0 aromatic heterocycles. The number of benzene rings is 1. The van der Waals surface area contributed by atoms with E-state index in [0.29, 0.717) is 6.61 Å². The Morgan fingerprint density at radius 1 is 1.29 bits per heavy atom. The Morgan fingerprint density at radius 3 is 2.92 bits per heavy atom. The van der Waals surface area contributed by atoms with Crippen LogP contribution in [0, 0.1) is 5.92 Å². The normalized spacial score (nSPS) is 26.5. The molecule has 1 aliphatic carbocycles. The molecule has 2 fully saturated rings. The lowest BCUT2D eigenvalue weighted by atomic mass is 9.85.